The third-order valence-corrected chi connectivity index (χ3v) is 4.82. The van der Waals surface area contributed by atoms with Crippen LogP contribution in [0, 0.1) is 0 Å². The molecule has 0 fully saturated rings. The van der Waals surface area contributed by atoms with Gasteiger partial charge in [-0.3, -0.25) is 9.48 Å². The molecule has 2 heterocycles. The molecule has 4 aromatic rings. The van der Waals surface area contributed by atoms with Gasteiger partial charge in [0.05, 0.1) is 16.6 Å². The van der Waals surface area contributed by atoms with Crippen LogP contribution < -0.4 is 10.1 Å². The third kappa shape index (κ3) is 4.82. The summed E-state index contributed by atoms with van der Waals surface area (Å²) in [5.41, 5.74) is 1.96. The number of nitrogens with one attached hydrogen (secondary N) is 1. The molecule has 2 aromatic carbocycles. The molecule has 0 spiro atoms. The molecule has 0 radical (unpaired) electrons. The van der Waals surface area contributed by atoms with E-state index in [1.165, 1.54) is 4.68 Å². The number of aromatic nitrogens is 4. The average molecular weight is 442 g/mol. The van der Waals surface area contributed by atoms with Crippen LogP contribution in [0.3, 0.4) is 0 Å². The van der Waals surface area contributed by atoms with E-state index >= 15 is 0 Å². The molecule has 0 bridgehead atoms. The van der Waals surface area contributed by atoms with Crippen molar-refractivity contribution in [1.82, 2.24) is 19.6 Å². The van der Waals surface area contributed by atoms with E-state index < -0.39 is 0 Å². The maximum absolute atomic E-state index is 12.6. The first kappa shape index (κ1) is 20.0. The van der Waals surface area contributed by atoms with E-state index in [1.807, 2.05) is 41.2 Å². The smallest absolute Gasteiger partial charge is 0.276 e. The molecule has 0 aliphatic carbocycles. The Morgan fingerprint density at radius 1 is 1.00 bits per heavy atom. The zero-order chi connectivity index (χ0) is 20.9. The zero-order valence-electron chi connectivity index (χ0n) is 15.7. The van der Waals surface area contributed by atoms with Crippen molar-refractivity contribution in [2.45, 2.75) is 13.3 Å². The molecular formula is C21H17Cl2N5O2. The molecule has 1 N–H and O–H groups in total. The second-order valence-electron chi connectivity index (χ2n) is 6.42. The third-order valence-electron chi connectivity index (χ3n) is 4.22. The second-order valence-corrected chi connectivity index (χ2v) is 7.24. The Hall–Kier alpha value is -3.29. The van der Waals surface area contributed by atoms with Gasteiger partial charge in [0, 0.05) is 24.3 Å². The summed E-state index contributed by atoms with van der Waals surface area (Å²) in [7, 11) is 0. The first-order valence-electron chi connectivity index (χ1n) is 9.06. The van der Waals surface area contributed by atoms with Crippen molar-refractivity contribution >= 4 is 34.8 Å². The number of benzene rings is 2. The molecule has 1 amide bonds. The average Bonchev–Trinajstić information content (AvgIpc) is 3.40. The van der Waals surface area contributed by atoms with Crippen LogP contribution >= 0.6 is 23.2 Å². The lowest BCUT2D eigenvalue weighted by atomic mass is 10.2. The molecule has 0 saturated carbocycles. The lowest BCUT2D eigenvalue weighted by Gasteiger charge is -2.09. The van der Waals surface area contributed by atoms with Crippen LogP contribution in [0.2, 0.25) is 10.0 Å². The number of anilines is 1. The standard InChI is InChI=1S/C21H17Cl2N5O2/c22-17-6-2-7-18(23)20(17)30-14-28-11-8-19(26-28)21(29)25-16-5-1-4-15(12-16)13-27-10-3-9-24-27/h1-12H,13-14H2,(H,25,29). The lowest BCUT2D eigenvalue weighted by Crippen LogP contribution is -2.14. The Labute approximate surface area is 182 Å². The number of para-hydroxylation sites is 1. The molecule has 0 atom stereocenters. The largest absolute Gasteiger partial charge is 0.468 e. The summed E-state index contributed by atoms with van der Waals surface area (Å²) in [6.07, 6.45) is 5.26. The Morgan fingerprint density at radius 3 is 2.57 bits per heavy atom. The van der Waals surface area contributed by atoms with Crippen molar-refractivity contribution in [2.24, 2.45) is 0 Å². The van der Waals surface area contributed by atoms with Crippen LogP contribution in [0.25, 0.3) is 0 Å². The van der Waals surface area contributed by atoms with E-state index in [1.54, 1.807) is 36.7 Å². The minimum atomic E-state index is -0.319. The zero-order valence-corrected chi connectivity index (χ0v) is 17.2. The van der Waals surface area contributed by atoms with E-state index in [4.69, 9.17) is 27.9 Å². The van der Waals surface area contributed by atoms with Gasteiger partial charge in [0.15, 0.2) is 18.2 Å². The van der Waals surface area contributed by atoms with Crippen molar-refractivity contribution in [2.75, 3.05) is 5.32 Å². The highest BCUT2D eigenvalue weighted by Gasteiger charge is 2.12. The molecule has 7 nitrogen and oxygen atoms in total. The lowest BCUT2D eigenvalue weighted by molar-refractivity contribution is 0.102. The highest BCUT2D eigenvalue weighted by atomic mass is 35.5. The molecule has 0 saturated heterocycles. The molecule has 9 heteroatoms. The fourth-order valence-corrected chi connectivity index (χ4v) is 3.34. The van der Waals surface area contributed by atoms with E-state index in [2.05, 4.69) is 15.5 Å². The van der Waals surface area contributed by atoms with Crippen LogP contribution in [0.15, 0.2) is 73.2 Å². The minimum Gasteiger partial charge on any atom is -0.468 e. The predicted octanol–water partition coefficient (Wildman–Crippen LogP) is 4.72. The predicted molar refractivity (Wildman–Crippen MR) is 115 cm³/mol. The van der Waals surface area contributed by atoms with Crippen molar-refractivity contribution in [3.8, 4) is 5.75 Å². The second kappa shape index (κ2) is 9.02. The number of nitrogens with zero attached hydrogens (tertiary/aromatic N) is 4. The number of rotatable bonds is 7. The summed E-state index contributed by atoms with van der Waals surface area (Å²) in [5, 5.41) is 12.1. The Morgan fingerprint density at radius 2 is 1.80 bits per heavy atom. The summed E-state index contributed by atoms with van der Waals surface area (Å²) in [5.74, 6) is 0.0529. The Kier molecular flexibility index (Phi) is 6.02. The van der Waals surface area contributed by atoms with Crippen molar-refractivity contribution in [3.05, 3.63) is 94.5 Å². The molecule has 0 unspecified atom stereocenters. The number of amides is 1. The summed E-state index contributed by atoms with van der Waals surface area (Å²) in [6.45, 7) is 0.684. The maximum Gasteiger partial charge on any atom is 0.276 e. The van der Waals surface area contributed by atoms with Crippen molar-refractivity contribution < 1.29 is 9.53 Å². The molecule has 152 valence electrons. The van der Waals surface area contributed by atoms with Gasteiger partial charge in [0.25, 0.3) is 5.91 Å². The maximum atomic E-state index is 12.6. The first-order valence-corrected chi connectivity index (χ1v) is 9.82. The number of halogens is 2. The molecule has 0 aliphatic rings. The topological polar surface area (TPSA) is 74.0 Å². The van der Waals surface area contributed by atoms with Gasteiger partial charge in [0.1, 0.15) is 0 Å². The van der Waals surface area contributed by atoms with Crippen LogP contribution in [0.1, 0.15) is 16.1 Å². The van der Waals surface area contributed by atoms with Gasteiger partial charge >= 0.3 is 0 Å². The quantitative estimate of drug-likeness (QED) is 0.450. The Balaban J connectivity index is 1.38. The molecule has 2 aromatic heterocycles. The number of carbonyl (C=O) groups excluding carboxylic acids is 1. The van der Waals surface area contributed by atoms with Crippen molar-refractivity contribution in [3.63, 3.8) is 0 Å². The van der Waals surface area contributed by atoms with E-state index in [0.29, 0.717) is 28.0 Å². The number of hydrogen-bond donors (Lipinski definition) is 1. The van der Waals surface area contributed by atoms with Crippen molar-refractivity contribution in [1.29, 1.82) is 0 Å². The first-order chi connectivity index (χ1) is 14.6. The fraction of sp³-hybridized carbons (Fsp3) is 0.0952. The number of hydrogen-bond acceptors (Lipinski definition) is 4. The van der Waals surface area contributed by atoms with Gasteiger partial charge in [0.2, 0.25) is 0 Å². The van der Waals surface area contributed by atoms with E-state index in [9.17, 15) is 4.79 Å². The van der Waals surface area contributed by atoms with Gasteiger partial charge in [-0.2, -0.15) is 10.2 Å². The van der Waals surface area contributed by atoms with Crippen LogP contribution in [0.4, 0.5) is 5.69 Å². The fourth-order valence-electron chi connectivity index (χ4n) is 2.83. The molecule has 0 aliphatic heterocycles. The summed E-state index contributed by atoms with van der Waals surface area (Å²) in [6, 6.07) is 16.2. The molecule has 30 heavy (non-hydrogen) atoms. The monoisotopic (exact) mass is 441 g/mol. The highest BCUT2D eigenvalue weighted by Crippen LogP contribution is 2.32. The number of ether oxygens (including phenoxy) is 1. The normalized spacial score (nSPS) is 10.7. The molecule has 4 rings (SSSR count). The Bertz CT molecular complexity index is 1140. The summed E-state index contributed by atoms with van der Waals surface area (Å²) >= 11 is 12.2. The van der Waals surface area contributed by atoms with E-state index in [-0.39, 0.29) is 18.3 Å². The van der Waals surface area contributed by atoms with Gasteiger partial charge < -0.3 is 10.1 Å². The van der Waals surface area contributed by atoms with Gasteiger partial charge in [-0.1, -0.05) is 41.4 Å². The van der Waals surface area contributed by atoms with Crippen LogP contribution in [-0.4, -0.2) is 25.5 Å². The SMILES string of the molecule is O=C(Nc1cccc(Cn2cccn2)c1)c1ccn(COc2c(Cl)cccc2Cl)n1. The van der Waals surface area contributed by atoms with Crippen LogP contribution in [-0.2, 0) is 13.3 Å². The van der Waals surface area contributed by atoms with Gasteiger partial charge in [-0.05, 0) is 42.0 Å². The molecular weight excluding hydrogens is 425 g/mol. The minimum absolute atomic E-state index is 0.0656. The van der Waals surface area contributed by atoms with Crippen LogP contribution in [0.5, 0.6) is 5.75 Å². The number of carbonyl (C=O) groups is 1. The van der Waals surface area contributed by atoms with Gasteiger partial charge in [-0.15, -0.1) is 0 Å². The van der Waals surface area contributed by atoms with E-state index in [0.717, 1.165) is 5.56 Å². The summed E-state index contributed by atoms with van der Waals surface area (Å²) < 4.78 is 8.93. The highest BCUT2D eigenvalue weighted by molar-refractivity contribution is 6.37. The summed E-state index contributed by atoms with van der Waals surface area (Å²) in [4.78, 5) is 12.6. The van der Waals surface area contributed by atoms with Gasteiger partial charge in [-0.25, -0.2) is 4.68 Å².